The minimum absolute atomic E-state index is 0.557. The molecule has 9 aromatic carbocycles. The molecule has 0 bridgehead atoms. The predicted octanol–water partition coefficient (Wildman–Crippen LogP) is 13.9. The predicted molar refractivity (Wildman–Crippen MR) is 248 cm³/mol. The molecule has 280 valence electrons. The molecule has 0 aliphatic carbocycles. The Morgan fingerprint density at radius 3 is 1.55 bits per heavy atom. The number of para-hydroxylation sites is 2. The number of aromatic nitrogens is 5. The zero-order valence-corrected chi connectivity index (χ0v) is 32.4. The lowest BCUT2D eigenvalue weighted by Crippen LogP contribution is -2.06. The standard InChI is InChI=1S/C55H35N5/c1-3-14-36(15-4-1)38-26-28-40(29-27-38)53-56-54(42-20-13-19-41(34-42)37-16-5-2-6-17-37)58-55(57-53)60-50-33-30-39-18-7-8-21-44(39)52(50)47-32-31-43(35-51(47)60)59-48-24-11-9-22-45(48)46-23-10-12-25-49(46)59/h1-35H. The van der Waals surface area contributed by atoms with Crippen molar-refractivity contribution in [3.8, 4) is 56.7 Å². The summed E-state index contributed by atoms with van der Waals surface area (Å²) in [6.07, 6.45) is 0. The van der Waals surface area contributed by atoms with Crippen LogP contribution in [0.15, 0.2) is 212 Å². The summed E-state index contributed by atoms with van der Waals surface area (Å²) in [5, 5.41) is 7.12. The van der Waals surface area contributed by atoms with Gasteiger partial charge in [-0.2, -0.15) is 9.97 Å². The zero-order valence-electron chi connectivity index (χ0n) is 32.4. The molecule has 3 aromatic heterocycles. The van der Waals surface area contributed by atoms with Gasteiger partial charge < -0.3 is 4.57 Å². The molecule has 3 heterocycles. The first-order chi connectivity index (χ1) is 29.7. The van der Waals surface area contributed by atoms with Crippen molar-refractivity contribution >= 4 is 54.4 Å². The van der Waals surface area contributed by atoms with Gasteiger partial charge in [0.25, 0.3) is 0 Å². The molecule has 0 unspecified atom stereocenters. The van der Waals surface area contributed by atoms with Crippen molar-refractivity contribution in [3.63, 3.8) is 0 Å². The largest absolute Gasteiger partial charge is 0.309 e. The number of rotatable bonds is 6. The van der Waals surface area contributed by atoms with Crippen molar-refractivity contribution in [1.29, 1.82) is 0 Å². The lowest BCUT2D eigenvalue weighted by atomic mass is 10.0. The van der Waals surface area contributed by atoms with E-state index in [2.05, 4.69) is 209 Å². The number of nitrogens with zero attached hydrogens (tertiary/aromatic N) is 5. The smallest absolute Gasteiger partial charge is 0.238 e. The van der Waals surface area contributed by atoms with Crippen LogP contribution in [0.2, 0.25) is 0 Å². The van der Waals surface area contributed by atoms with E-state index in [1.165, 1.54) is 26.9 Å². The van der Waals surface area contributed by atoms with E-state index >= 15 is 0 Å². The zero-order chi connectivity index (χ0) is 39.6. The Hall–Kier alpha value is -8.15. The van der Waals surface area contributed by atoms with Crippen molar-refractivity contribution in [2.24, 2.45) is 0 Å². The van der Waals surface area contributed by atoms with Crippen molar-refractivity contribution in [1.82, 2.24) is 24.1 Å². The van der Waals surface area contributed by atoms with Gasteiger partial charge in [-0.05, 0) is 69.4 Å². The minimum atomic E-state index is 0.557. The van der Waals surface area contributed by atoms with E-state index in [1.807, 2.05) is 12.1 Å². The Kier molecular flexibility index (Phi) is 7.78. The van der Waals surface area contributed by atoms with Crippen molar-refractivity contribution in [3.05, 3.63) is 212 Å². The van der Waals surface area contributed by atoms with Crippen LogP contribution in [0, 0.1) is 0 Å². The number of hydrogen-bond donors (Lipinski definition) is 0. The monoisotopic (exact) mass is 765 g/mol. The average molecular weight is 766 g/mol. The van der Waals surface area contributed by atoms with Gasteiger partial charge in [0.15, 0.2) is 11.6 Å². The highest BCUT2D eigenvalue weighted by Crippen LogP contribution is 2.40. The fourth-order valence-electron chi connectivity index (χ4n) is 8.96. The maximum atomic E-state index is 5.38. The Balaban J connectivity index is 1.14. The summed E-state index contributed by atoms with van der Waals surface area (Å²) in [6, 6.07) is 75.1. The Morgan fingerprint density at radius 2 is 0.833 bits per heavy atom. The summed E-state index contributed by atoms with van der Waals surface area (Å²) in [4.78, 5) is 16.0. The second kappa shape index (κ2) is 13.8. The second-order valence-corrected chi connectivity index (χ2v) is 15.3. The molecule has 5 nitrogen and oxygen atoms in total. The van der Waals surface area contributed by atoms with Gasteiger partial charge in [-0.25, -0.2) is 4.98 Å². The first-order valence-electron chi connectivity index (χ1n) is 20.3. The molecular weight excluding hydrogens is 731 g/mol. The van der Waals surface area contributed by atoms with Crippen molar-refractivity contribution in [2.45, 2.75) is 0 Å². The summed E-state index contributed by atoms with van der Waals surface area (Å²) in [7, 11) is 0. The van der Waals surface area contributed by atoms with Crippen LogP contribution in [0.1, 0.15) is 0 Å². The molecule has 0 N–H and O–H groups in total. The van der Waals surface area contributed by atoms with Crippen LogP contribution < -0.4 is 0 Å². The molecule has 5 heteroatoms. The highest BCUT2D eigenvalue weighted by atomic mass is 15.2. The molecule has 12 rings (SSSR count). The average Bonchev–Trinajstić information content (AvgIpc) is 3.85. The van der Waals surface area contributed by atoms with Gasteiger partial charge >= 0.3 is 0 Å². The Bertz CT molecular complexity index is 3530. The molecule has 0 spiro atoms. The molecule has 0 aliphatic rings. The Morgan fingerprint density at radius 1 is 0.283 bits per heavy atom. The minimum Gasteiger partial charge on any atom is -0.309 e. The quantitative estimate of drug-likeness (QED) is 0.169. The summed E-state index contributed by atoms with van der Waals surface area (Å²) in [5.41, 5.74) is 11.8. The van der Waals surface area contributed by atoms with E-state index in [4.69, 9.17) is 15.0 Å². The summed E-state index contributed by atoms with van der Waals surface area (Å²) in [6.45, 7) is 0. The lowest BCUT2D eigenvalue weighted by Gasteiger charge is -2.13. The molecule has 0 saturated heterocycles. The van der Waals surface area contributed by atoms with E-state index in [9.17, 15) is 0 Å². The van der Waals surface area contributed by atoms with Crippen LogP contribution in [-0.4, -0.2) is 24.1 Å². The van der Waals surface area contributed by atoms with Crippen molar-refractivity contribution < 1.29 is 0 Å². The summed E-state index contributed by atoms with van der Waals surface area (Å²) in [5.74, 6) is 1.77. The van der Waals surface area contributed by atoms with Gasteiger partial charge in [0, 0.05) is 38.4 Å². The fraction of sp³-hybridized carbons (Fsp3) is 0. The first-order valence-corrected chi connectivity index (χ1v) is 20.3. The number of benzene rings is 9. The van der Waals surface area contributed by atoms with E-state index in [-0.39, 0.29) is 0 Å². The first kappa shape index (κ1) is 33.9. The maximum Gasteiger partial charge on any atom is 0.238 e. The Labute approximate surface area is 346 Å². The second-order valence-electron chi connectivity index (χ2n) is 15.3. The molecule has 12 aromatic rings. The number of hydrogen-bond acceptors (Lipinski definition) is 3. The van der Waals surface area contributed by atoms with Gasteiger partial charge in [-0.15, -0.1) is 0 Å². The van der Waals surface area contributed by atoms with Gasteiger partial charge in [-0.1, -0.05) is 176 Å². The summed E-state index contributed by atoms with van der Waals surface area (Å²) >= 11 is 0. The highest BCUT2D eigenvalue weighted by molar-refractivity contribution is 6.21. The third kappa shape index (κ3) is 5.52. The molecule has 0 saturated carbocycles. The molecule has 0 amide bonds. The van der Waals surface area contributed by atoms with Crippen LogP contribution in [0.25, 0.3) is 111 Å². The van der Waals surface area contributed by atoms with Gasteiger partial charge in [-0.3, -0.25) is 4.57 Å². The topological polar surface area (TPSA) is 48.5 Å². The van der Waals surface area contributed by atoms with Crippen LogP contribution in [0.3, 0.4) is 0 Å². The molecule has 0 fully saturated rings. The van der Waals surface area contributed by atoms with Crippen LogP contribution in [0.4, 0.5) is 0 Å². The molecular formula is C55H35N5. The number of fused-ring (bicyclic) bond motifs is 8. The normalized spacial score (nSPS) is 11.7. The van der Waals surface area contributed by atoms with Crippen LogP contribution >= 0.6 is 0 Å². The van der Waals surface area contributed by atoms with Crippen LogP contribution in [0.5, 0.6) is 0 Å². The van der Waals surface area contributed by atoms with E-state index < -0.39 is 0 Å². The van der Waals surface area contributed by atoms with Gasteiger partial charge in [0.2, 0.25) is 5.95 Å². The van der Waals surface area contributed by atoms with Gasteiger partial charge in [0.1, 0.15) is 0 Å². The molecule has 0 radical (unpaired) electrons. The third-order valence-corrected chi connectivity index (χ3v) is 11.8. The molecule has 0 aliphatic heterocycles. The highest BCUT2D eigenvalue weighted by Gasteiger charge is 2.21. The fourth-order valence-corrected chi connectivity index (χ4v) is 8.96. The van der Waals surface area contributed by atoms with Crippen molar-refractivity contribution in [2.75, 3.05) is 0 Å². The molecule has 60 heavy (non-hydrogen) atoms. The SMILES string of the molecule is c1ccc(-c2ccc(-c3nc(-c4cccc(-c5ccccc5)c4)nc(-n4c5cc(-n6c7ccccc7c7ccccc76)ccc5c5c6ccccc6ccc54)n3)cc2)cc1. The lowest BCUT2D eigenvalue weighted by molar-refractivity contribution is 0.953. The van der Waals surface area contributed by atoms with E-state index in [1.54, 1.807) is 0 Å². The third-order valence-electron chi connectivity index (χ3n) is 11.8. The molecule has 0 atom stereocenters. The van der Waals surface area contributed by atoms with Gasteiger partial charge in [0.05, 0.1) is 22.1 Å². The van der Waals surface area contributed by atoms with E-state index in [0.29, 0.717) is 17.6 Å². The van der Waals surface area contributed by atoms with E-state index in [0.717, 1.165) is 66.5 Å². The van der Waals surface area contributed by atoms with Crippen LogP contribution in [-0.2, 0) is 0 Å². The maximum absolute atomic E-state index is 5.38. The summed E-state index contributed by atoms with van der Waals surface area (Å²) < 4.78 is 4.61.